The van der Waals surface area contributed by atoms with Crippen LogP contribution in [0.5, 0.6) is 0 Å². The van der Waals surface area contributed by atoms with Gasteiger partial charge in [-0.15, -0.1) is 0 Å². The predicted molar refractivity (Wildman–Crippen MR) is 114 cm³/mol. The Hall–Kier alpha value is -2.92. The van der Waals surface area contributed by atoms with Crippen molar-refractivity contribution in [2.75, 3.05) is 31.2 Å². The highest BCUT2D eigenvalue weighted by atomic mass is 16.5. The third kappa shape index (κ3) is 4.25. The molecule has 3 heterocycles. The number of hydrogen-bond donors (Lipinski definition) is 0. The van der Waals surface area contributed by atoms with Crippen molar-refractivity contribution in [3.05, 3.63) is 72.0 Å². The molecule has 1 aromatic carbocycles. The lowest BCUT2D eigenvalue weighted by molar-refractivity contribution is 0.122. The molecule has 0 bridgehead atoms. The molecule has 2 aromatic heterocycles. The highest BCUT2D eigenvalue weighted by Crippen LogP contribution is 2.41. The molecule has 29 heavy (non-hydrogen) atoms. The quantitative estimate of drug-likeness (QED) is 0.613. The third-order valence-electron chi connectivity index (χ3n) is 5.55. The zero-order valence-corrected chi connectivity index (χ0v) is 16.5. The molecule has 0 spiro atoms. The Kier molecular flexibility index (Phi) is 5.13. The third-order valence-corrected chi connectivity index (χ3v) is 5.55. The van der Waals surface area contributed by atoms with E-state index in [1.54, 1.807) is 6.33 Å². The molecule has 2 fully saturated rings. The molecule has 0 N–H and O–H groups in total. The van der Waals surface area contributed by atoms with Crippen LogP contribution in [0.1, 0.15) is 35.6 Å². The number of morpholine rings is 1. The van der Waals surface area contributed by atoms with Gasteiger partial charge in [0.15, 0.2) is 5.76 Å². The smallest absolute Gasteiger partial charge is 0.158 e. The molecule has 0 unspecified atom stereocenters. The van der Waals surface area contributed by atoms with E-state index in [0.717, 1.165) is 67.0 Å². The summed E-state index contributed by atoms with van der Waals surface area (Å²) < 4.78 is 11.8. The maximum absolute atomic E-state index is 6.31. The van der Waals surface area contributed by atoms with Gasteiger partial charge in [-0.3, -0.25) is 0 Å². The van der Waals surface area contributed by atoms with Crippen LogP contribution in [0, 0.1) is 0 Å². The number of rotatable bonds is 6. The summed E-state index contributed by atoms with van der Waals surface area (Å²) in [5.74, 6) is 2.57. The van der Waals surface area contributed by atoms with Crippen molar-refractivity contribution < 1.29 is 9.15 Å². The number of ether oxygens (including phenoxy) is 1. The largest absolute Gasteiger partial charge is 0.454 e. The zero-order chi connectivity index (χ0) is 19.5. The van der Waals surface area contributed by atoms with E-state index in [1.807, 2.05) is 18.5 Å². The van der Waals surface area contributed by atoms with Gasteiger partial charge in [-0.1, -0.05) is 30.3 Å². The summed E-state index contributed by atoms with van der Waals surface area (Å²) in [6.07, 6.45) is 12.8. The monoisotopic (exact) mass is 387 g/mol. The van der Waals surface area contributed by atoms with Gasteiger partial charge in [0.05, 0.1) is 18.9 Å². The lowest BCUT2D eigenvalue weighted by Crippen LogP contribution is -2.36. The van der Waals surface area contributed by atoms with Crippen LogP contribution in [0.4, 0.5) is 5.69 Å². The minimum Gasteiger partial charge on any atom is -0.454 e. The van der Waals surface area contributed by atoms with E-state index in [2.05, 4.69) is 51.3 Å². The van der Waals surface area contributed by atoms with E-state index in [0.29, 0.717) is 0 Å². The SMILES string of the molecule is C(=C\c1cc(N2CCOCC2)c(-c2ccc(C3CC3)cc2)o1)/Cc1cncnc1. The average Bonchev–Trinajstić information content (AvgIpc) is 3.55. The maximum atomic E-state index is 6.31. The maximum Gasteiger partial charge on any atom is 0.158 e. The number of furan rings is 1. The Labute approximate surface area is 171 Å². The van der Waals surface area contributed by atoms with Gasteiger partial charge in [-0.25, -0.2) is 9.97 Å². The van der Waals surface area contributed by atoms with E-state index in [9.17, 15) is 0 Å². The van der Waals surface area contributed by atoms with Crippen LogP contribution < -0.4 is 4.90 Å². The van der Waals surface area contributed by atoms with Gasteiger partial charge < -0.3 is 14.1 Å². The van der Waals surface area contributed by atoms with Crippen molar-refractivity contribution in [3.8, 4) is 11.3 Å². The van der Waals surface area contributed by atoms with Gasteiger partial charge in [-0.05, 0) is 42.4 Å². The van der Waals surface area contributed by atoms with Crippen LogP contribution in [-0.4, -0.2) is 36.3 Å². The first-order valence-corrected chi connectivity index (χ1v) is 10.3. The van der Waals surface area contributed by atoms with Crippen LogP contribution in [-0.2, 0) is 11.2 Å². The first-order valence-electron chi connectivity index (χ1n) is 10.3. The highest BCUT2D eigenvalue weighted by molar-refractivity contribution is 5.76. The van der Waals surface area contributed by atoms with E-state index in [-0.39, 0.29) is 0 Å². The molecule has 1 aliphatic heterocycles. The van der Waals surface area contributed by atoms with Crippen molar-refractivity contribution in [2.24, 2.45) is 0 Å². The molecule has 1 saturated carbocycles. The Bertz CT molecular complexity index is 969. The van der Waals surface area contributed by atoms with Crippen LogP contribution in [0.3, 0.4) is 0 Å². The molecular weight excluding hydrogens is 362 g/mol. The second-order valence-corrected chi connectivity index (χ2v) is 7.71. The van der Waals surface area contributed by atoms with Crippen LogP contribution >= 0.6 is 0 Å². The van der Waals surface area contributed by atoms with Crippen molar-refractivity contribution >= 4 is 11.8 Å². The fourth-order valence-corrected chi connectivity index (χ4v) is 3.80. The lowest BCUT2D eigenvalue weighted by atomic mass is 10.1. The van der Waals surface area contributed by atoms with Gasteiger partial charge in [0.1, 0.15) is 12.1 Å². The molecule has 5 rings (SSSR count). The average molecular weight is 387 g/mol. The molecule has 5 heteroatoms. The molecule has 3 aromatic rings. The van der Waals surface area contributed by atoms with Crippen molar-refractivity contribution in [3.63, 3.8) is 0 Å². The Morgan fingerprint density at radius 1 is 1.03 bits per heavy atom. The minimum absolute atomic E-state index is 0.754. The summed E-state index contributed by atoms with van der Waals surface area (Å²) in [4.78, 5) is 10.5. The summed E-state index contributed by atoms with van der Waals surface area (Å²) in [6.45, 7) is 3.28. The number of aromatic nitrogens is 2. The molecular formula is C24H25N3O2. The summed E-state index contributed by atoms with van der Waals surface area (Å²) in [6, 6.07) is 11.1. The summed E-state index contributed by atoms with van der Waals surface area (Å²) in [7, 11) is 0. The Balaban J connectivity index is 1.41. The van der Waals surface area contributed by atoms with E-state index >= 15 is 0 Å². The van der Waals surface area contributed by atoms with Crippen molar-refractivity contribution in [1.82, 2.24) is 9.97 Å². The first-order chi connectivity index (χ1) is 14.4. The van der Waals surface area contributed by atoms with Crippen molar-refractivity contribution in [1.29, 1.82) is 0 Å². The fraction of sp³-hybridized carbons (Fsp3) is 0.333. The zero-order valence-electron chi connectivity index (χ0n) is 16.5. The lowest BCUT2D eigenvalue weighted by Gasteiger charge is -2.28. The molecule has 0 amide bonds. The van der Waals surface area contributed by atoms with Gasteiger partial charge in [0, 0.05) is 37.1 Å². The predicted octanol–water partition coefficient (Wildman–Crippen LogP) is 4.71. The van der Waals surface area contributed by atoms with Gasteiger partial charge >= 0.3 is 0 Å². The van der Waals surface area contributed by atoms with Gasteiger partial charge in [0.2, 0.25) is 0 Å². The normalized spacial score (nSPS) is 17.2. The number of allylic oxidation sites excluding steroid dienone is 1. The van der Waals surface area contributed by atoms with Gasteiger partial charge in [0.25, 0.3) is 0 Å². The van der Waals surface area contributed by atoms with E-state index in [1.165, 1.54) is 18.4 Å². The highest BCUT2D eigenvalue weighted by Gasteiger charge is 2.24. The Morgan fingerprint density at radius 2 is 1.79 bits per heavy atom. The van der Waals surface area contributed by atoms with Crippen molar-refractivity contribution in [2.45, 2.75) is 25.2 Å². The molecule has 148 valence electrons. The standard InChI is InChI=1S/C24H25N3O2/c1(2-18-15-25-17-26-16-18)3-22-14-23(27-10-12-28-13-11-27)24(29-22)21-8-6-20(7-9-21)19-4-5-19/h1,3,6-9,14-17,19H,2,4-5,10-13H2/b3-1+. The molecule has 1 aliphatic carbocycles. The van der Waals surface area contributed by atoms with Gasteiger partial charge in [-0.2, -0.15) is 0 Å². The number of anilines is 1. The summed E-state index contributed by atoms with van der Waals surface area (Å²) in [5, 5.41) is 0. The number of benzene rings is 1. The summed E-state index contributed by atoms with van der Waals surface area (Å²) >= 11 is 0. The topological polar surface area (TPSA) is 51.4 Å². The molecule has 1 saturated heterocycles. The molecule has 2 aliphatic rings. The summed E-state index contributed by atoms with van der Waals surface area (Å²) in [5.41, 5.74) is 4.81. The molecule has 0 atom stereocenters. The number of hydrogen-bond acceptors (Lipinski definition) is 5. The molecule has 0 radical (unpaired) electrons. The van der Waals surface area contributed by atoms with E-state index < -0.39 is 0 Å². The van der Waals surface area contributed by atoms with Crippen LogP contribution in [0.25, 0.3) is 17.4 Å². The van der Waals surface area contributed by atoms with E-state index in [4.69, 9.17) is 9.15 Å². The first kappa shape index (κ1) is 18.1. The van der Waals surface area contributed by atoms with Crippen LogP contribution in [0.2, 0.25) is 0 Å². The second-order valence-electron chi connectivity index (χ2n) is 7.71. The minimum atomic E-state index is 0.754. The Morgan fingerprint density at radius 3 is 2.52 bits per heavy atom. The molecule has 5 nitrogen and oxygen atoms in total. The second kappa shape index (κ2) is 8.21. The number of nitrogens with zero attached hydrogens (tertiary/aromatic N) is 3. The fourth-order valence-electron chi connectivity index (χ4n) is 3.80. The van der Waals surface area contributed by atoms with Crippen LogP contribution in [0.15, 0.2) is 59.5 Å².